The highest BCUT2D eigenvalue weighted by molar-refractivity contribution is 5.94. The van der Waals surface area contributed by atoms with Gasteiger partial charge in [0.15, 0.2) is 11.6 Å². The number of ether oxygens (including phenoxy) is 1. The van der Waals surface area contributed by atoms with Gasteiger partial charge in [0.05, 0.1) is 11.6 Å². The number of benzene rings is 2. The number of halogens is 5. The lowest BCUT2D eigenvalue weighted by atomic mass is 9.97. The van der Waals surface area contributed by atoms with Crippen molar-refractivity contribution in [2.45, 2.75) is 12.4 Å². The highest BCUT2D eigenvalue weighted by atomic mass is 19.4. The van der Waals surface area contributed by atoms with E-state index in [-0.39, 0.29) is 16.7 Å². The van der Waals surface area contributed by atoms with Gasteiger partial charge in [0, 0.05) is 17.8 Å². The molecule has 0 fully saturated rings. The summed E-state index contributed by atoms with van der Waals surface area (Å²) in [5.41, 5.74) is -0.475. The average molecular weight is 424 g/mol. The number of amides is 1. The number of carbonyl (C=O) groups is 1. The molecule has 0 spiro atoms. The lowest BCUT2D eigenvalue weighted by molar-refractivity contribution is -0.275. The fraction of sp³-hybridized carbons (Fsp3) is 0.100. The predicted molar refractivity (Wildman–Crippen MR) is 95.9 cm³/mol. The highest BCUT2D eigenvalue weighted by Crippen LogP contribution is 2.31. The van der Waals surface area contributed by atoms with Crippen LogP contribution in [0.15, 0.2) is 65.6 Å². The zero-order valence-corrected chi connectivity index (χ0v) is 15.0. The van der Waals surface area contributed by atoms with E-state index in [1.165, 1.54) is 24.3 Å². The molecule has 30 heavy (non-hydrogen) atoms. The topological polar surface area (TPSA) is 71.2 Å². The summed E-state index contributed by atoms with van der Waals surface area (Å²) < 4.78 is 69.2. The Balaban J connectivity index is 1.99. The Morgan fingerprint density at radius 1 is 1.00 bits per heavy atom. The Labute approximate surface area is 166 Å². The zero-order valence-electron chi connectivity index (χ0n) is 15.0. The molecule has 156 valence electrons. The van der Waals surface area contributed by atoms with E-state index in [2.05, 4.69) is 15.0 Å². The number of pyridine rings is 1. The average Bonchev–Trinajstić information content (AvgIpc) is 2.68. The number of nitrogens with one attached hydrogen (secondary N) is 2. The molecule has 5 nitrogen and oxygen atoms in total. The van der Waals surface area contributed by atoms with E-state index in [1.54, 1.807) is 0 Å². The molecule has 1 unspecified atom stereocenters. The van der Waals surface area contributed by atoms with Gasteiger partial charge in [0.25, 0.3) is 5.91 Å². The molecule has 0 aliphatic rings. The number of rotatable bonds is 5. The van der Waals surface area contributed by atoms with Crippen LogP contribution in [0.3, 0.4) is 0 Å². The van der Waals surface area contributed by atoms with E-state index in [9.17, 15) is 31.5 Å². The maximum absolute atomic E-state index is 14.4. The van der Waals surface area contributed by atoms with Gasteiger partial charge in [-0.1, -0.05) is 24.3 Å². The highest BCUT2D eigenvalue weighted by Gasteiger charge is 2.32. The first-order valence-electron chi connectivity index (χ1n) is 8.43. The molecule has 1 heterocycles. The maximum Gasteiger partial charge on any atom is 0.573 e. The summed E-state index contributed by atoms with van der Waals surface area (Å²) in [5, 5.41) is 2.49. The Hall–Kier alpha value is -3.69. The Kier molecular flexibility index (Phi) is 5.86. The van der Waals surface area contributed by atoms with Gasteiger partial charge >= 0.3 is 6.36 Å². The lowest BCUT2D eigenvalue weighted by Crippen LogP contribution is -2.30. The van der Waals surface area contributed by atoms with Crippen LogP contribution in [0.1, 0.15) is 27.5 Å². The van der Waals surface area contributed by atoms with E-state index < -0.39 is 41.3 Å². The molecule has 3 rings (SSSR count). The van der Waals surface area contributed by atoms with Crippen LogP contribution in [0.2, 0.25) is 0 Å². The minimum Gasteiger partial charge on any atom is -0.403 e. The normalized spacial score (nSPS) is 12.3. The second-order valence-electron chi connectivity index (χ2n) is 6.11. The standard InChI is InChI=1S/C20H13F5N2O3/c21-14-4-2-1-3-13(14)18(27-19(29)12-6-8-17(28)26-10-12)11-5-7-16(15(22)9-11)30-20(23,24)25/h1-10,18H,(H,26,28)(H,27,29). The molecular weight excluding hydrogens is 411 g/mol. The van der Waals surface area contributed by atoms with Crippen molar-refractivity contribution in [2.75, 3.05) is 0 Å². The Bertz CT molecular complexity index is 1110. The zero-order chi connectivity index (χ0) is 21.9. The molecule has 1 amide bonds. The van der Waals surface area contributed by atoms with Crippen LogP contribution >= 0.6 is 0 Å². The molecule has 3 aromatic rings. The smallest absolute Gasteiger partial charge is 0.403 e. The molecule has 0 saturated carbocycles. The first-order valence-corrected chi connectivity index (χ1v) is 8.43. The number of alkyl halides is 3. The van der Waals surface area contributed by atoms with Gasteiger partial charge < -0.3 is 15.0 Å². The fourth-order valence-corrected chi connectivity index (χ4v) is 2.72. The SMILES string of the molecule is O=C(NC(c1ccc(OC(F)(F)F)c(F)c1)c1ccccc1F)c1ccc(=O)[nH]c1. The summed E-state index contributed by atoms with van der Waals surface area (Å²) in [5.74, 6) is -3.86. The van der Waals surface area contributed by atoms with Crippen LogP contribution < -0.4 is 15.6 Å². The van der Waals surface area contributed by atoms with E-state index in [4.69, 9.17) is 0 Å². The minimum atomic E-state index is -5.09. The summed E-state index contributed by atoms with van der Waals surface area (Å²) in [6.45, 7) is 0. The molecule has 1 atom stereocenters. The summed E-state index contributed by atoms with van der Waals surface area (Å²) in [6.07, 6.45) is -3.96. The van der Waals surface area contributed by atoms with Crippen LogP contribution in [-0.2, 0) is 0 Å². The third kappa shape index (κ3) is 5.02. The molecule has 2 aromatic carbocycles. The van der Waals surface area contributed by atoms with E-state index >= 15 is 0 Å². The molecule has 0 aliphatic carbocycles. The van der Waals surface area contributed by atoms with Crippen LogP contribution in [0.5, 0.6) is 5.75 Å². The fourth-order valence-electron chi connectivity index (χ4n) is 2.72. The van der Waals surface area contributed by atoms with Crippen LogP contribution in [0, 0.1) is 11.6 Å². The number of aromatic nitrogens is 1. The quantitative estimate of drug-likeness (QED) is 0.607. The van der Waals surface area contributed by atoms with Gasteiger partial charge in [-0.3, -0.25) is 9.59 Å². The van der Waals surface area contributed by atoms with Gasteiger partial charge in [-0.15, -0.1) is 13.2 Å². The van der Waals surface area contributed by atoms with Gasteiger partial charge in [-0.2, -0.15) is 0 Å². The number of hydrogen-bond donors (Lipinski definition) is 2. The molecule has 2 N–H and O–H groups in total. The van der Waals surface area contributed by atoms with Crippen molar-refractivity contribution in [2.24, 2.45) is 0 Å². The van der Waals surface area contributed by atoms with E-state index in [0.29, 0.717) is 6.07 Å². The van der Waals surface area contributed by atoms with E-state index in [1.807, 2.05) is 0 Å². The van der Waals surface area contributed by atoms with Crippen molar-refractivity contribution in [3.63, 3.8) is 0 Å². The van der Waals surface area contributed by atoms with Crippen LogP contribution in [-0.4, -0.2) is 17.3 Å². The molecule has 1 aromatic heterocycles. The Morgan fingerprint density at radius 2 is 1.73 bits per heavy atom. The number of aromatic amines is 1. The largest absolute Gasteiger partial charge is 0.573 e. The van der Waals surface area contributed by atoms with Crippen molar-refractivity contribution >= 4 is 5.91 Å². The van der Waals surface area contributed by atoms with Crippen molar-refractivity contribution in [3.8, 4) is 5.75 Å². The van der Waals surface area contributed by atoms with Crippen molar-refractivity contribution in [1.82, 2.24) is 10.3 Å². The summed E-state index contributed by atoms with van der Waals surface area (Å²) in [4.78, 5) is 26.0. The maximum atomic E-state index is 14.4. The first kappa shape index (κ1) is 21.0. The molecule has 0 aliphatic heterocycles. The molecule has 0 saturated heterocycles. The van der Waals surface area contributed by atoms with Gasteiger partial charge in [0.2, 0.25) is 5.56 Å². The van der Waals surface area contributed by atoms with Crippen molar-refractivity contribution in [3.05, 3.63) is 99.5 Å². The summed E-state index contributed by atoms with van der Waals surface area (Å²) >= 11 is 0. The number of hydrogen-bond acceptors (Lipinski definition) is 3. The second kappa shape index (κ2) is 8.36. The number of H-pyrrole nitrogens is 1. The minimum absolute atomic E-state index is 0.0232. The monoisotopic (exact) mass is 424 g/mol. The van der Waals surface area contributed by atoms with Crippen molar-refractivity contribution in [1.29, 1.82) is 0 Å². The summed E-state index contributed by atoms with van der Waals surface area (Å²) in [6, 6.07) is 8.97. The van der Waals surface area contributed by atoms with Crippen molar-refractivity contribution < 1.29 is 31.5 Å². The van der Waals surface area contributed by atoms with Gasteiger partial charge in [-0.25, -0.2) is 8.78 Å². The molecule has 10 heteroatoms. The molecule has 0 radical (unpaired) electrons. The van der Waals surface area contributed by atoms with Crippen LogP contribution in [0.4, 0.5) is 22.0 Å². The summed E-state index contributed by atoms with van der Waals surface area (Å²) in [7, 11) is 0. The lowest BCUT2D eigenvalue weighted by Gasteiger charge is -2.21. The predicted octanol–water partition coefficient (Wildman–Crippen LogP) is 4.07. The third-order valence-electron chi connectivity index (χ3n) is 4.05. The Morgan fingerprint density at radius 3 is 2.33 bits per heavy atom. The molecule has 0 bridgehead atoms. The third-order valence-corrected chi connectivity index (χ3v) is 4.05. The van der Waals surface area contributed by atoms with E-state index in [0.717, 1.165) is 30.5 Å². The first-order chi connectivity index (χ1) is 14.1. The number of carbonyl (C=O) groups excluding carboxylic acids is 1. The van der Waals surface area contributed by atoms with Gasteiger partial charge in [0.1, 0.15) is 5.82 Å². The second-order valence-corrected chi connectivity index (χ2v) is 6.11. The van der Waals surface area contributed by atoms with Crippen LogP contribution in [0.25, 0.3) is 0 Å². The molecular formula is C20H13F5N2O3. The van der Waals surface area contributed by atoms with Gasteiger partial charge in [-0.05, 0) is 29.8 Å².